The molecular formula is C35H43N9O6S. The first kappa shape index (κ1) is 37.2. The van der Waals surface area contributed by atoms with Gasteiger partial charge in [0.05, 0.1) is 35.9 Å². The smallest absolute Gasteiger partial charge is 0.276 e. The van der Waals surface area contributed by atoms with Crippen molar-refractivity contribution in [2.75, 3.05) is 62.4 Å². The quantitative estimate of drug-likeness (QED) is 0.0555. The second-order valence-corrected chi connectivity index (χ2v) is 12.9. The minimum atomic E-state index is -0.623. The molecule has 0 spiro atoms. The number of carbonyl (C=O) groups excluding carboxylic acids is 4. The Morgan fingerprint density at radius 2 is 1.96 bits per heavy atom. The van der Waals surface area contributed by atoms with Crippen molar-refractivity contribution in [3.05, 3.63) is 65.1 Å². The van der Waals surface area contributed by atoms with Crippen LogP contribution in [0.3, 0.4) is 0 Å². The number of morpholine rings is 1. The van der Waals surface area contributed by atoms with Crippen molar-refractivity contribution < 1.29 is 28.7 Å². The van der Waals surface area contributed by atoms with Crippen LogP contribution in [-0.2, 0) is 22.6 Å². The summed E-state index contributed by atoms with van der Waals surface area (Å²) < 4.78 is 15.2. The summed E-state index contributed by atoms with van der Waals surface area (Å²) in [5, 5.41) is 10.6. The number of nitrogens with zero attached hydrogens (tertiary/aromatic N) is 6. The summed E-state index contributed by atoms with van der Waals surface area (Å²) in [6.45, 7) is 9.32. The molecule has 0 bridgehead atoms. The highest BCUT2D eigenvalue weighted by Gasteiger charge is 2.22. The molecule has 0 radical (unpaired) electrons. The van der Waals surface area contributed by atoms with Crippen LogP contribution in [0, 0.1) is 6.92 Å². The van der Waals surface area contributed by atoms with Gasteiger partial charge in [-0.3, -0.25) is 29.3 Å². The van der Waals surface area contributed by atoms with E-state index in [0.29, 0.717) is 91.2 Å². The Morgan fingerprint density at radius 3 is 2.71 bits per heavy atom. The van der Waals surface area contributed by atoms with Gasteiger partial charge in [-0.25, -0.2) is 9.97 Å². The van der Waals surface area contributed by atoms with Gasteiger partial charge in [0, 0.05) is 68.8 Å². The summed E-state index contributed by atoms with van der Waals surface area (Å²) in [7, 11) is 0. The molecule has 4 N–H and O–H groups in total. The van der Waals surface area contributed by atoms with E-state index in [4.69, 9.17) is 20.2 Å². The van der Waals surface area contributed by atoms with E-state index < -0.39 is 5.91 Å². The number of aldehydes is 2. The number of fused-ring (bicyclic) bond motifs is 1. The first-order valence-corrected chi connectivity index (χ1v) is 17.8. The lowest BCUT2D eigenvalue weighted by atomic mass is 10.1. The number of aromatic nitrogens is 5. The molecular weight excluding hydrogens is 675 g/mol. The number of imidazole rings is 1. The summed E-state index contributed by atoms with van der Waals surface area (Å²) >= 11 is 1.44. The molecule has 51 heavy (non-hydrogen) atoms. The zero-order valence-electron chi connectivity index (χ0n) is 28.8. The number of thioether (sulfide) groups is 1. The number of hydrogen-bond acceptors (Lipinski definition) is 12. The molecule has 0 saturated carbocycles. The Hall–Kier alpha value is -5.06. The van der Waals surface area contributed by atoms with Crippen molar-refractivity contribution in [3.8, 4) is 5.75 Å². The number of ether oxygens (including phenoxy) is 2. The van der Waals surface area contributed by atoms with E-state index in [1.165, 1.54) is 18.0 Å². The molecule has 0 atom stereocenters. The van der Waals surface area contributed by atoms with Gasteiger partial charge in [-0.15, -0.1) is 11.8 Å². The zero-order chi connectivity index (χ0) is 36.2. The third-order valence-corrected chi connectivity index (χ3v) is 9.14. The van der Waals surface area contributed by atoms with E-state index in [0.717, 1.165) is 43.5 Å². The van der Waals surface area contributed by atoms with E-state index in [1.807, 2.05) is 30.6 Å². The molecule has 1 fully saturated rings. The molecule has 5 rings (SSSR count). The summed E-state index contributed by atoms with van der Waals surface area (Å²) in [5.41, 5.74) is 8.52. The molecule has 1 aliphatic rings. The van der Waals surface area contributed by atoms with Crippen molar-refractivity contribution in [2.45, 2.75) is 44.7 Å². The Balaban J connectivity index is 1.41. The Labute approximate surface area is 299 Å². The van der Waals surface area contributed by atoms with Crippen molar-refractivity contribution in [2.24, 2.45) is 5.73 Å². The van der Waals surface area contributed by atoms with Gasteiger partial charge in [-0.2, -0.15) is 5.10 Å². The van der Waals surface area contributed by atoms with E-state index in [1.54, 1.807) is 28.9 Å². The van der Waals surface area contributed by atoms with Crippen LogP contribution in [0.4, 0.5) is 11.8 Å². The van der Waals surface area contributed by atoms with Crippen LogP contribution in [0.15, 0.2) is 47.5 Å². The molecule has 0 aliphatic carbocycles. The average Bonchev–Trinajstić information content (AvgIpc) is 3.69. The van der Waals surface area contributed by atoms with Crippen LogP contribution < -0.4 is 21.1 Å². The number of carbonyl (C=O) groups is 4. The van der Waals surface area contributed by atoms with Gasteiger partial charge in [0.15, 0.2) is 6.29 Å². The van der Waals surface area contributed by atoms with Crippen molar-refractivity contribution in [1.29, 1.82) is 0 Å². The molecule has 4 aromatic rings. The van der Waals surface area contributed by atoms with Gasteiger partial charge < -0.3 is 29.9 Å². The zero-order valence-corrected chi connectivity index (χ0v) is 29.6. The van der Waals surface area contributed by atoms with Crippen LogP contribution in [0.2, 0.25) is 0 Å². The molecule has 1 saturated heterocycles. The molecule has 0 unspecified atom stereocenters. The molecule has 16 heteroatoms. The molecule has 1 aromatic carbocycles. The van der Waals surface area contributed by atoms with Crippen LogP contribution in [0.1, 0.15) is 56.7 Å². The lowest BCUT2D eigenvalue weighted by Crippen LogP contribution is -2.37. The summed E-state index contributed by atoms with van der Waals surface area (Å²) in [4.78, 5) is 60.2. The van der Waals surface area contributed by atoms with E-state index in [9.17, 15) is 19.2 Å². The van der Waals surface area contributed by atoms with E-state index in [2.05, 4.69) is 25.6 Å². The largest absolute Gasteiger partial charge is 0.491 e. The summed E-state index contributed by atoms with van der Waals surface area (Å²) in [6, 6.07) is 6.66. The van der Waals surface area contributed by atoms with E-state index >= 15 is 0 Å². The van der Waals surface area contributed by atoms with Gasteiger partial charge >= 0.3 is 0 Å². The maximum absolute atomic E-state index is 13.5. The molecule has 15 nitrogen and oxygen atoms in total. The number of hydrogen-bond donors (Lipinski definition) is 3. The Bertz CT molecular complexity index is 1880. The number of rotatable bonds is 19. The van der Waals surface area contributed by atoms with Crippen LogP contribution in [0.25, 0.3) is 11.0 Å². The van der Waals surface area contributed by atoms with Gasteiger partial charge in [0.25, 0.3) is 5.91 Å². The number of anilines is 2. The second-order valence-electron chi connectivity index (χ2n) is 11.7. The minimum absolute atomic E-state index is 0.238. The van der Waals surface area contributed by atoms with Crippen LogP contribution >= 0.6 is 11.8 Å². The van der Waals surface area contributed by atoms with Gasteiger partial charge in [-0.05, 0) is 44.5 Å². The average molecular weight is 718 g/mol. The molecule has 270 valence electrons. The number of nitrogens with two attached hydrogens (primary N) is 1. The number of amides is 2. The lowest BCUT2D eigenvalue weighted by Gasteiger charge is -2.26. The lowest BCUT2D eigenvalue weighted by molar-refractivity contribution is -0.107. The Morgan fingerprint density at radius 1 is 1.14 bits per heavy atom. The topological polar surface area (TPSA) is 189 Å². The van der Waals surface area contributed by atoms with Crippen molar-refractivity contribution >= 4 is 58.9 Å². The highest BCUT2D eigenvalue weighted by Crippen LogP contribution is 2.32. The highest BCUT2D eigenvalue weighted by molar-refractivity contribution is 7.99. The molecule has 4 heterocycles. The molecule has 3 aromatic heterocycles. The van der Waals surface area contributed by atoms with Gasteiger partial charge in [0.2, 0.25) is 11.9 Å². The number of pyridine rings is 1. The predicted molar refractivity (Wildman–Crippen MR) is 195 cm³/mol. The first-order valence-electron chi connectivity index (χ1n) is 16.8. The number of primary amides is 1. The fourth-order valence-corrected chi connectivity index (χ4v) is 6.50. The highest BCUT2D eigenvalue weighted by atomic mass is 32.2. The minimum Gasteiger partial charge on any atom is -0.491 e. The molecule has 1 aliphatic heterocycles. The van der Waals surface area contributed by atoms with E-state index in [-0.39, 0.29) is 17.4 Å². The number of aryl methyl sites for hydroxylation is 2. The third kappa shape index (κ3) is 9.80. The van der Waals surface area contributed by atoms with Crippen LogP contribution in [0.5, 0.6) is 5.75 Å². The van der Waals surface area contributed by atoms with Gasteiger partial charge in [0.1, 0.15) is 29.1 Å². The van der Waals surface area contributed by atoms with Crippen molar-refractivity contribution in [1.82, 2.24) is 29.2 Å². The second kappa shape index (κ2) is 18.3. The maximum Gasteiger partial charge on any atom is 0.276 e. The predicted octanol–water partition coefficient (Wildman–Crippen LogP) is 3.57. The standard InChI is InChI=1S/C35H43N9O6S/c1-3-44-28(18-24(2)41-44)34(48)40-35-39-27-20-26(32(36)47)21-29(50-14-6-9-42-11-15-49-16-12-42)31(27)43(35)10-5-4-8-37-33-30(51-17-7-13-45)19-25(23-46)22-38-33/h4-5,13,18-23H,3,6-12,14-17H2,1-2H3,(H2,36,47)(H,37,38)(H,39,40,48)/b5-4+. The maximum atomic E-state index is 13.5. The Kier molecular flexibility index (Phi) is 13.3. The third-order valence-electron chi connectivity index (χ3n) is 8.08. The fourth-order valence-electron chi connectivity index (χ4n) is 5.59. The monoisotopic (exact) mass is 717 g/mol. The summed E-state index contributed by atoms with van der Waals surface area (Å²) in [6.07, 6.45) is 8.03. The number of nitrogens with one attached hydrogen (secondary N) is 2. The SMILES string of the molecule is CCn1nc(C)cc1C(=O)Nc1nc2cc(C(N)=O)cc(OCCCN3CCOCC3)c2n1C/C=C/CNc1ncc(C=O)cc1SCCC=O. The van der Waals surface area contributed by atoms with Crippen molar-refractivity contribution in [3.63, 3.8) is 0 Å². The van der Waals surface area contributed by atoms with Crippen LogP contribution in [-0.4, -0.2) is 105 Å². The molecule has 2 amide bonds. The number of allylic oxidation sites excluding steroid dienone is 1. The first-order chi connectivity index (χ1) is 24.8. The summed E-state index contributed by atoms with van der Waals surface area (Å²) in [5.74, 6) is 0.835. The van der Waals surface area contributed by atoms with Gasteiger partial charge in [-0.1, -0.05) is 12.2 Å². The normalized spacial score (nSPS) is 13.5. The fraction of sp³-hybridized carbons (Fsp3) is 0.400. The number of benzene rings is 1.